The van der Waals surface area contributed by atoms with Crippen LogP contribution in [-0.2, 0) is 9.53 Å². The van der Waals surface area contributed by atoms with Crippen molar-refractivity contribution in [2.24, 2.45) is 0 Å². The fraction of sp³-hybridized carbons (Fsp3) is 0.0556. The van der Waals surface area contributed by atoms with E-state index in [2.05, 4.69) is 10.3 Å². The van der Waals surface area contributed by atoms with Gasteiger partial charge in [-0.05, 0) is 30.3 Å². The van der Waals surface area contributed by atoms with E-state index in [4.69, 9.17) is 4.74 Å². The molecule has 0 atom stereocenters. The Morgan fingerprint density at radius 1 is 1.08 bits per heavy atom. The second kappa shape index (κ2) is 7.39. The summed E-state index contributed by atoms with van der Waals surface area (Å²) in [7, 11) is 0. The molecule has 26 heavy (non-hydrogen) atoms. The summed E-state index contributed by atoms with van der Waals surface area (Å²) < 4.78 is 5.05. The van der Waals surface area contributed by atoms with Gasteiger partial charge in [-0.25, -0.2) is 4.79 Å². The van der Waals surface area contributed by atoms with E-state index in [1.807, 2.05) is 0 Å². The minimum absolute atomic E-state index is 0.0843. The molecule has 1 heterocycles. The summed E-state index contributed by atoms with van der Waals surface area (Å²) in [4.78, 5) is 38.3. The van der Waals surface area contributed by atoms with Gasteiger partial charge in [0, 0.05) is 29.4 Å². The second-order valence-corrected chi connectivity index (χ2v) is 5.30. The molecular formula is C18H13N3O5. The molecule has 0 fully saturated rings. The number of pyridine rings is 1. The number of anilines is 1. The van der Waals surface area contributed by atoms with Crippen LogP contribution >= 0.6 is 0 Å². The largest absolute Gasteiger partial charge is 0.452 e. The van der Waals surface area contributed by atoms with Crippen molar-refractivity contribution in [3.05, 3.63) is 76.5 Å². The molecule has 8 heteroatoms. The van der Waals surface area contributed by atoms with Crippen molar-refractivity contribution in [2.45, 2.75) is 0 Å². The molecule has 1 N–H and O–H groups in total. The van der Waals surface area contributed by atoms with Crippen LogP contribution in [0, 0.1) is 10.1 Å². The number of nitro benzene ring substituents is 1. The molecule has 3 aromatic rings. The Balaban J connectivity index is 1.62. The molecular weight excluding hydrogens is 338 g/mol. The Morgan fingerprint density at radius 2 is 1.85 bits per heavy atom. The van der Waals surface area contributed by atoms with Gasteiger partial charge in [-0.15, -0.1) is 0 Å². The standard InChI is InChI=1S/C18H13N3O5/c22-17(20-12-6-8-13(9-7-12)21(24)25)11-26-18(23)15-3-1-5-16-14(15)4-2-10-19-16/h1-10H,11H2,(H,20,22). The number of nitro groups is 1. The number of non-ortho nitro benzene ring substituents is 1. The van der Waals surface area contributed by atoms with E-state index in [0.29, 0.717) is 22.2 Å². The average Bonchev–Trinajstić information content (AvgIpc) is 2.66. The number of carbonyl (C=O) groups excluding carboxylic acids is 2. The Hall–Kier alpha value is -3.81. The van der Waals surface area contributed by atoms with Gasteiger partial charge in [-0.1, -0.05) is 12.1 Å². The van der Waals surface area contributed by atoms with E-state index in [-0.39, 0.29) is 5.69 Å². The summed E-state index contributed by atoms with van der Waals surface area (Å²) in [5, 5.41) is 13.7. The van der Waals surface area contributed by atoms with Crippen LogP contribution in [0.15, 0.2) is 60.8 Å². The monoisotopic (exact) mass is 351 g/mol. The topological polar surface area (TPSA) is 111 Å². The average molecular weight is 351 g/mol. The number of nitrogens with zero attached hydrogens (tertiary/aromatic N) is 2. The summed E-state index contributed by atoms with van der Waals surface area (Å²) in [5.74, 6) is -1.19. The summed E-state index contributed by atoms with van der Waals surface area (Å²) >= 11 is 0. The van der Waals surface area contributed by atoms with Gasteiger partial charge < -0.3 is 10.1 Å². The number of esters is 1. The van der Waals surface area contributed by atoms with Crippen LogP contribution in [-0.4, -0.2) is 28.4 Å². The summed E-state index contributed by atoms with van der Waals surface area (Å²) in [6.07, 6.45) is 1.62. The van der Waals surface area contributed by atoms with Crippen LogP contribution in [0.25, 0.3) is 10.9 Å². The molecule has 0 aliphatic heterocycles. The summed E-state index contributed by atoms with van der Waals surface area (Å²) in [5.41, 5.74) is 1.25. The van der Waals surface area contributed by atoms with Crippen molar-refractivity contribution in [1.82, 2.24) is 4.98 Å². The molecule has 8 nitrogen and oxygen atoms in total. The third-order valence-corrected chi connectivity index (χ3v) is 3.56. The lowest BCUT2D eigenvalue weighted by Gasteiger charge is -2.08. The van der Waals surface area contributed by atoms with Crippen molar-refractivity contribution in [3.63, 3.8) is 0 Å². The lowest BCUT2D eigenvalue weighted by molar-refractivity contribution is -0.384. The van der Waals surface area contributed by atoms with Crippen LogP contribution < -0.4 is 5.32 Å². The van der Waals surface area contributed by atoms with Crippen molar-refractivity contribution in [2.75, 3.05) is 11.9 Å². The van der Waals surface area contributed by atoms with E-state index in [1.54, 1.807) is 36.5 Å². The quantitative estimate of drug-likeness (QED) is 0.430. The number of carbonyl (C=O) groups is 2. The highest BCUT2D eigenvalue weighted by Gasteiger charge is 2.14. The first-order valence-electron chi connectivity index (χ1n) is 7.60. The van der Waals surface area contributed by atoms with E-state index < -0.39 is 23.4 Å². The Bertz CT molecular complexity index is 980. The maximum Gasteiger partial charge on any atom is 0.339 e. The SMILES string of the molecule is O=C(COC(=O)c1cccc2ncccc12)Nc1ccc([N+](=O)[O-])cc1. The number of ether oxygens (including phenoxy) is 1. The molecule has 0 saturated carbocycles. The molecule has 0 saturated heterocycles. The number of amides is 1. The molecule has 1 amide bonds. The van der Waals surface area contributed by atoms with Crippen LogP contribution in [0.3, 0.4) is 0 Å². The smallest absolute Gasteiger partial charge is 0.339 e. The first-order chi connectivity index (χ1) is 12.5. The van der Waals surface area contributed by atoms with Gasteiger partial charge in [-0.3, -0.25) is 19.9 Å². The van der Waals surface area contributed by atoms with Gasteiger partial charge in [0.05, 0.1) is 16.0 Å². The predicted molar refractivity (Wildman–Crippen MR) is 93.8 cm³/mol. The van der Waals surface area contributed by atoms with Crippen molar-refractivity contribution < 1.29 is 19.2 Å². The first kappa shape index (κ1) is 17.0. The summed E-state index contributed by atoms with van der Waals surface area (Å²) in [6.45, 7) is -0.480. The maximum atomic E-state index is 12.2. The maximum absolute atomic E-state index is 12.2. The molecule has 2 aromatic carbocycles. The molecule has 3 rings (SSSR count). The lowest BCUT2D eigenvalue weighted by atomic mass is 10.1. The van der Waals surface area contributed by atoms with Gasteiger partial charge in [0.25, 0.3) is 11.6 Å². The van der Waals surface area contributed by atoms with E-state index >= 15 is 0 Å². The minimum Gasteiger partial charge on any atom is -0.452 e. The minimum atomic E-state index is -0.637. The van der Waals surface area contributed by atoms with Crippen LogP contribution in [0.4, 0.5) is 11.4 Å². The van der Waals surface area contributed by atoms with Crippen molar-refractivity contribution in [1.29, 1.82) is 0 Å². The molecule has 0 radical (unpaired) electrons. The van der Waals surface area contributed by atoms with Gasteiger partial charge >= 0.3 is 5.97 Å². The Kier molecular flexibility index (Phi) is 4.84. The van der Waals surface area contributed by atoms with Gasteiger partial charge in [0.2, 0.25) is 0 Å². The molecule has 0 aliphatic carbocycles. The highest BCUT2D eigenvalue weighted by Crippen LogP contribution is 2.18. The Labute approximate surface area is 147 Å². The number of nitrogens with one attached hydrogen (secondary N) is 1. The lowest BCUT2D eigenvalue weighted by Crippen LogP contribution is -2.21. The van der Waals surface area contributed by atoms with E-state index in [9.17, 15) is 19.7 Å². The number of hydrogen-bond donors (Lipinski definition) is 1. The molecule has 130 valence electrons. The zero-order valence-electron chi connectivity index (χ0n) is 13.4. The number of benzene rings is 2. The fourth-order valence-corrected chi connectivity index (χ4v) is 2.35. The fourth-order valence-electron chi connectivity index (χ4n) is 2.35. The molecule has 0 bridgehead atoms. The molecule has 0 unspecified atom stereocenters. The number of fused-ring (bicyclic) bond motifs is 1. The number of rotatable bonds is 5. The highest BCUT2D eigenvalue weighted by molar-refractivity contribution is 6.04. The van der Waals surface area contributed by atoms with Crippen LogP contribution in [0.5, 0.6) is 0 Å². The van der Waals surface area contributed by atoms with Crippen molar-refractivity contribution >= 4 is 34.2 Å². The van der Waals surface area contributed by atoms with Crippen LogP contribution in [0.1, 0.15) is 10.4 Å². The highest BCUT2D eigenvalue weighted by atomic mass is 16.6. The van der Waals surface area contributed by atoms with Crippen molar-refractivity contribution in [3.8, 4) is 0 Å². The number of hydrogen-bond acceptors (Lipinski definition) is 6. The van der Waals surface area contributed by atoms with Gasteiger partial charge in [0.1, 0.15) is 0 Å². The van der Waals surface area contributed by atoms with Crippen LogP contribution in [0.2, 0.25) is 0 Å². The number of aromatic nitrogens is 1. The molecule has 0 aliphatic rings. The van der Waals surface area contributed by atoms with Gasteiger partial charge in [-0.2, -0.15) is 0 Å². The molecule has 1 aromatic heterocycles. The second-order valence-electron chi connectivity index (χ2n) is 5.30. The first-order valence-corrected chi connectivity index (χ1v) is 7.60. The zero-order valence-corrected chi connectivity index (χ0v) is 13.4. The van der Waals surface area contributed by atoms with E-state index in [0.717, 1.165) is 0 Å². The van der Waals surface area contributed by atoms with Gasteiger partial charge in [0.15, 0.2) is 6.61 Å². The summed E-state index contributed by atoms with van der Waals surface area (Å²) in [6, 6.07) is 13.8. The normalized spacial score (nSPS) is 10.3. The predicted octanol–water partition coefficient (Wildman–Crippen LogP) is 2.94. The molecule has 0 spiro atoms. The Morgan fingerprint density at radius 3 is 2.58 bits per heavy atom. The van der Waals surface area contributed by atoms with E-state index in [1.165, 1.54) is 24.3 Å². The zero-order chi connectivity index (χ0) is 18.5. The third kappa shape index (κ3) is 3.81. The third-order valence-electron chi connectivity index (χ3n) is 3.56.